The number of nitrogens with one attached hydrogen (secondary N) is 2. The van der Waals surface area contributed by atoms with Crippen LogP contribution in [0.25, 0.3) is 0 Å². The van der Waals surface area contributed by atoms with Gasteiger partial charge in [-0.25, -0.2) is 4.79 Å². The average molecular weight is 320 g/mol. The molecule has 0 bridgehead atoms. The molecule has 1 heterocycles. The zero-order valence-corrected chi connectivity index (χ0v) is 14.1. The van der Waals surface area contributed by atoms with Crippen molar-refractivity contribution < 1.29 is 15.0 Å². The second kappa shape index (κ2) is 7.79. The Bertz CT molecular complexity index is 521. The van der Waals surface area contributed by atoms with E-state index in [9.17, 15) is 9.90 Å². The third kappa shape index (κ3) is 4.69. The summed E-state index contributed by atoms with van der Waals surface area (Å²) in [6, 6.07) is 6.23. The third-order valence-corrected chi connectivity index (χ3v) is 4.70. The molecule has 1 aliphatic heterocycles. The number of benzene rings is 1. The molecule has 4 N–H and O–H groups in total. The minimum atomic E-state index is -1.01. The molecule has 0 saturated carbocycles. The van der Waals surface area contributed by atoms with Crippen LogP contribution in [0.4, 0.5) is 4.79 Å². The van der Waals surface area contributed by atoms with E-state index in [0.717, 1.165) is 42.6 Å². The number of amides is 1. The molecule has 2 rings (SSSR count). The standard InChI is InChI=1S/C18H28N2O3/c1-13-9-14(2)11-16(10-13)18(23,6-4-8-20-17(21)22)15-5-3-7-19-12-15/h9-11,15,19-20,23H,3-8,12H2,1-2H3,(H,21,22). The zero-order valence-electron chi connectivity index (χ0n) is 14.1. The minimum absolute atomic E-state index is 0.155. The predicted octanol–water partition coefficient (Wildman–Crippen LogP) is 2.54. The van der Waals surface area contributed by atoms with Crippen LogP contribution in [0.1, 0.15) is 42.4 Å². The lowest BCUT2D eigenvalue weighted by Crippen LogP contribution is -2.44. The van der Waals surface area contributed by atoms with Crippen LogP contribution in [0, 0.1) is 19.8 Å². The molecule has 128 valence electrons. The van der Waals surface area contributed by atoms with Gasteiger partial charge in [0.2, 0.25) is 0 Å². The fourth-order valence-electron chi connectivity index (χ4n) is 3.62. The normalized spacial score (nSPS) is 20.7. The summed E-state index contributed by atoms with van der Waals surface area (Å²) in [5.41, 5.74) is 2.33. The first-order valence-electron chi connectivity index (χ1n) is 8.40. The van der Waals surface area contributed by atoms with E-state index in [0.29, 0.717) is 19.4 Å². The first-order valence-corrected chi connectivity index (χ1v) is 8.40. The van der Waals surface area contributed by atoms with Gasteiger partial charge in [0.25, 0.3) is 0 Å². The van der Waals surface area contributed by atoms with Crippen molar-refractivity contribution in [2.45, 2.75) is 45.1 Å². The molecule has 2 atom stereocenters. The Morgan fingerprint density at radius 2 is 2.04 bits per heavy atom. The number of aryl methyl sites for hydroxylation is 2. The quantitative estimate of drug-likeness (QED) is 0.607. The number of rotatable bonds is 6. The Labute approximate surface area is 138 Å². The van der Waals surface area contributed by atoms with Crippen molar-refractivity contribution in [2.24, 2.45) is 5.92 Å². The molecule has 1 fully saturated rings. The van der Waals surface area contributed by atoms with Gasteiger partial charge >= 0.3 is 6.09 Å². The number of piperidine rings is 1. The lowest BCUT2D eigenvalue weighted by Gasteiger charge is -2.40. The first kappa shape index (κ1) is 17.8. The van der Waals surface area contributed by atoms with Gasteiger partial charge in [-0.1, -0.05) is 29.3 Å². The number of aliphatic hydroxyl groups is 1. The summed E-state index contributed by atoms with van der Waals surface area (Å²) >= 11 is 0. The Hall–Kier alpha value is -1.59. The van der Waals surface area contributed by atoms with Crippen molar-refractivity contribution in [3.8, 4) is 0 Å². The highest BCUT2D eigenvalue weighted by Gasteiger charge is 2.38. The van der Waals surface area contributed by atoms with Gasteiger partial charge in [0.1, 0.15) is 0 Å². The van der Waals surface area contributed by atoms with Crippen molar-refractivity contribution in [3.05, 3.63) is 34.9 Å². The Morgan fingerprint density at radius 1 is 1.35 bits per heavy atom. The summed E-state index contributed by atoms with van der Waals surface area (Å²) in [6.07, 6.45) is 2.21. The van der Waals surface area contributed by atoms with E-state index in [4.69, 9.17) is 5.11 Å². The van der Waals surface area contributed by atoms with E-state index in [1.54, 1.807) is 0 Å². The molecule has 1 aromatic carbocycles. The Kier molecular flexibility index (Phi) is 6.02. The van der Waals surface area contributed by atoms with Crippen LogP contribution < -0.4 is 10.6 Å². The number of hydrogen-bond donors (Lipinski definition) is 4. The number of hydrogen-bond acceptors (Lipinski definition) is 3. The fraction of sp³-hybridized carbons (Fsp3) is 0.611. The van der Waals surface area contributed by atoms with Crippen LogP contribution in [-0.2, 0) is 5.60 Å². The maximum absolute atomic E-state index is 11.5. The maximum atomic E-state index is 11.5. The van der Waals surface area contributed by atoms with Crippen LogP contribution in [-0.4, -0.2) is 35.9 Å². The van der Waals surface area contributed by atoms with Gasteiger partial charge in [0.15, 0.2) is 0 Å². The van der Waals surface area contributed by atoms with Gasteiger partial charge < -0.3 is 20.8 Å². The van der Waals surface area contributed by atoms with Crippen LogP contribution in [0.2, 0.25) is 0 Å². The summed E-state index contributed by atoms with van der Waals surface area (Å²) in [5, 5.41) is 26.0. The van der Waals surface area contributed by atoms with Crippen LogP contribution in [0.15, 0.2) is 18.2 Å². The first-order chi connectivity index (χ1) is 10.9. The van der Waals surface area contributed by atoms with Gasteiger partial charge in [-0.2, -0.15) is 0 Å². The summed E-state index contributed by atoms with van der Waals surface area (Å²) in [6.45, 7) is 6.25. The Balaban J connectivity index is 2.20. The largest absolute Gasteiger partial charge is 0.465 e. The van der Waals surface area contributed by atoms with Gasteiger partial charge in [-0.05, 0) is 51.6 Å². The highest BCUT2D eigenvalue weighted by molar-refractivity contribution is 5.64. The predicted molar refractivity (Wildman–Crippen MR) is 90.7 cm³/mol. The lowest BCUT2D eigenvalue weighted by molar-refractivity contribution is -0.0421. The highest BCUT2D eigenvalue weighted by atomic mass is 16.4. The smallest absolute Gasteiger partial charge is 0.404 e. The maximum Gasteiger partial charge on any atom is 0.404 e. The highest BCUT2D eigenvalue weighted by Crippen LogP contribution is 2.38. The molecule has 2 unspecified atom stereocenters. The monoisotopic (exact) mass is 320 g/mol. The second-order valence-electron chi connectivity index (χ2n) is 6.68. The van der Waals surface area contributed by atoms with Gasteiger partial charge in [-0.3, -0.25) is 0 Å². The summed E-state index contributed by atoms with van der Waals surface area (Å²) in [7, 11) is 0. The molecular weight excluding hydrogens is 292 g/mol. The van der Waals surface area contributed by atoms with E-state index in [1.807, 2.05) is 13.8 Å². The third-order valence-electron chi connectivity index (χ3n) is 4.70. The van der Waals surface area contributed by atoms with Crippen LogP contribution in [0.5, 0.6) is 0 Å². The van der Waals surface area contributed by atoms with Crippen molar-refractivity contribution in [2.75, 3.05) is 19.6 Å². The van der Waals surface area contributed by atoms with Crippen molar-refractivity contribution in [1.82, 2.24) is 10.6 Å². The zero-order chi connectivity index (χ0) is 16.9. The average Bonchev–Trinajstić information content (AvgIpc) is 2.51. The van der Waals surface area contributed by atoms with Crippen LogP contribution >= 0.6 is 0 Å². The van der Waals surface area contributed by atoms with Crippen molar-refractivity contribution in [3.63, 3.8) is 0 Å². The van der Waals surface area contributed by atoms with E-state index in [-0.39, 0.29) is 5.92 Å². The van der Waals surface area contributed by atoms with Crippen LogP contribution in [0.3, 0.4) is 0 Å². The summed E-state index contributed by atoms with van der Waals surface area (Å²) in [5.74, 6) is 0.155. The second-order valence-corrected chi connectivity index (χ2v) is 6.68. The summed E-state index contributed by atoms with van der Waals surface area (Å²) < 4.78 is 0. The molecule has 0 aliphatic carbocycles. The van der Waals surface area contributed by atoms with Gasteiger partial charge in [-0.15, -0.1) is 0 Å². The minimum Gasteiger partial charge on any atom is -0.465 e. The molecule has 0 spiro atoms. The van der Waals surface area contributed by atoms with Crippen molar-refractivity contribution >= 4 is 6.09 Å². The van der Waals surface area contributed by atoms with E-state index >= 15 is 0 Å². The SMILES string of the molecule is Cc1cc(C)cc(C(O)(CCCNC(=O)O)C2CCCNC2)c1. The van der Waals surface area contributed by atoms with E-state index < -0.39 is 11.7 Å². The lowest BCUT2D eigenvalue weighted by atomic mass is 9.74. The molecule has 5 heteroatoms. The van der Waals surface area contributed by atoms with E-state index in [2.05, 4.69) is 28.8 Å². The fourth-order valence-corrected chi connectivity index (χ4v) is 3.62. The van der Waals surface area contributed by atoms with Gasteiger partial charge in [0, 0.05) is 19.0 Å². The molecular formula is C18H28N2O3. The number of carboxylic acid groups (broad SMARTS) is 1. The molecule has 5 nitrogen and oxygen atoms in total. The van der Waals surface area contributed by atoms with E-state index in [1.165, 1.54) is 0 Å². The molecule has 23 heavy (non-hydrogen) atoms. The van der Waals surface area contributed by atoms with Crippen molar-refractivity contribution in [1.29, 1.82) is 0 Å². The molecule has 1 aliphatic rings. The topological polar surface area (TPSA) is 81.6 Å². The Morgan fingerprint density at radius 3 is 2.61 bits per heavy atom. The molecule has 1 aromatic rings. The molecule has 1 saturated heterocycles. The number of carbonyl (C=O) groups is 1. The summed E-state index contributed by atoms with van der Waals surface area (Å²) in [4.78, 5) is 10.6. The van der Waals surface area contributed by atoms with Gasteiger partial charge in [0.05, 0.1) is 5.60 Å². The molecule has 0 radical (unpaired) electrons. The molecule has 0 aromatic heterocycles. The molecule has 1 amide bonds.